The van der Waals surface area contributed by atoms with E-state index in [9.17, 15) is 0 Å². The molecule has 1 N–H and O–H groups in total. The van der Waals surface area contributed by atoms with Gasteiger partial charge in [0.05, 0.1) is 6.16 Å². The Bertz CT molecular complexity index is 659. The lowest BCUT2D eigenvalue weighted by atomic mass is 10.2. The van der Waals surface area contributed by atoms with Gasteiger partial charge in [0.25, 0.3) is 0 Å². The largest absolute Gasteiger partial charge is 0.870 e. The molecule has 0 aromatic heterocycles. The number of hydrogen-bond acceptors (Lipinski definition) is 1. The molecule has 3 rings (SSSR count). The van der Waals surface area contributed by atoms with Gasteiger partial charge < -0.3 is 5.48 Å². The predicted molar refractivity (Wildman–Crippen MR) is 121 cm³/mol. The molecular formula is C25H31OP. The van der Waals surface area contributed by atoms with Crippen molar-refractivity contribution in [2.24, 2.45) is 0 Å². The molecule has 0 aliphatic carbocycles. The molecule has 0 heterocycles. The Morgan fingerprint density at radius 3 is 1.26 bits per heavy atom. The second-order valence-electron chi connectivity index (χ2n) is 6.95. The summed E-state index contributed by atoms with van der Waals surface area (Å²) < 4.78 is 0. The summed E-state index contributed by atoms with van der Waals surface area (Å²) >= 11 is 0. The molecule has 27 heavy (non-hydrogen) atoms. The van der Waals surface area contributed by atoms with E-state index in [1.165, 1.54) is 54.2 Å². The van der Waals surface area contributed by atoms with E-state index in [1.807, 2.05) is 0 Å². The van der Waals surface area contributed by atoms with Crippen molar-refractivity contribution in [2.45, 2.75) is 39.0 Å². The first-order valence-corrected chi connectivity index (χ1v) is 11.9. The molecule has 2 heteroatoms. The Balaban J connectivity index is 0.00000261. The van der Waals surface area contributed by atoms with Crippen LogP contribution in [0.1, 0.15) is 39.0 Å². The summed E-state index contributed by atoms with van der Waals surface area (Å²) in [5, 5.41) is 4.52. The first kappa shape index (κ1) is 21.4. The molecule has 0 fully saturated rings. The monoisotopic (exact) mass is 378 g/mol. The van der Waals surface area contributed by atoms with Gasteiger partial charge in [0.15, 0.2) is 0 Å². The third-order valence-corrected chi connectivity index (χ3v) is 9.71. The highest BCUT2D eigenvalue weighted by Gasteiger charge is 2.44. The molecule has 0 aliphatic rings. The fraction of sp³-hybridized carbons (Fsp3) is 0.280. The Labute approximate surface area is 165 Å². The van der Waals surface area contributed by atoms with E-state index in [2.05, 4.69) is 97.9 Å². The molecule has 0 radical (unpaired) electrons. The van der Waals surface area contributed by atoms with Crippen LogP contribution in [0.25, 0.3) is 0 Å². The summed E-state index contributed by atoms with van der Waals surface area (Å²) in [6.45, 7) is 2.29. The maximum atomic E-state index is 2.35. The average Bonchev–Trinajstić information content (AvgIpc) is 2.73. The van der Waals surface area contributed by atoms with Crippen LogP contribution in [-0.4, -0.2) is 11.6 Å². The van der Waals surface area contributed by atoms with Crippen molar-refractivity contribution >= 4 is 23.2 Å². The van der Waals surface area contributed by atoms with Crippen molar-refractivity contribution < 1.29 is 5.48 Å². The summed E-state index contributed by atoms with van der Waals surface area (Å²) in [5.74, 6) is 0. The highest BCUT2D eigenvalue weighted by molar-refractivity contribution is 7.95. The number of hydrogen-bond donors (Lipinski definition) is 0. The maximum absolute atomic E-state index is 2.35. The molecule has 0 aliphatic heterocycles. The lowest BCUT2D eigenvalue weighted by Crippen LogP contribution is -2.33. The van der Waals surface area contributed by atoms with Gasteiger partial charge in [-0.3, -0.25) is 0 Å². The van der Waals surface area contributed by atoms with Crippen LogP contribution in [0.15, 0.2) is 91.0 Å². The summed E-state index contributed by atoms with van der Waals surface area (Å²) in [7, 11) is -1.60. The SMILES string of the molecule is CCCCCCC[P+](c1ccccc1)(c1ccccc1)c1ccccc1.[OH-]. The second-order valence-corrected chi connectivity index (χ2v) is 10.6. The zero-order valence-corrected chi connectivity index (χ0v) is 17.2. The molecule has 0 amide bonds. The zero-order chi connectivity index (χ0) is 18.1. The molecule has 3 aromatic carbocycles. The highest BCUT2D eigenvalue weighted by Crippen LogP contribution is 2.55. The average molecular weight is 378 g/mol. The minimum atomic E-state index is -1.60. The molecule has 142 valence electrons. The van der Waals surface area contributed by atoms with Gasteiger partial charge in [-0.25, -0.2) is 0 Å². The first-order chi connectivity index (χ1) is 12.9. The minimum Gasteiger partial charge on any atom is -0.870 e. The third-order valence-electron chi connectivity index (χ3n) is 5.19. The van der Waals surface area contributed by atoms with Crippen molar-refractivity contribution in [3.05, 3.63) is 91.0 Å². The Hall–Kier alpha value is -1.95. The van der Waals surface area contributed by atoms with Crippen LogP contribution in [0.2, 0.25) is 0 Å². The van der Waals surface area contributed by atoms with Crippen LogP contribution in [0, 0.1) is 0 Å². The maximum Gasteiger partial charge on any atom is 0.112 e. The normalized spacial score (nSPS) is 11.0. The van der Waals surface area contributed by atoms with Crippen LogP contribution in [0.3, 0.4) is 0 Å². The van der Waals surface area contributed by atoms with Crippen molar-refractivity contribution in [1.82, 2.24) is 0 Å². The van der Waals surface area contributed by atoms with E-state index in [0.29, 0.717) is 0 Å². The van der Waals surface area contributed by atoms with E-state index in [1.54, 1.807) is 0 Å². The van der Waals surface area contributed by atoms with E-state index >= 15 is 0 Å². The molecular weight excluding hydrogens is 347 g/mol. The lowest BCUT2D eigenvalue weighted by Gasteiger charge is -2.27. The second kappa shape index (κ2) is 11.0. The molecule has 0 bridgehead atoms. The van der Waals surface area contributed by atoms with E-state index in [0.717, 1.165) is 0 Å². The van der Waals surface area contributed by atoms with Gasteiger partial charge >= 0.3 is 0 Å². The van der Waals surface area contributed by atoms with Gasteiger partial charge in [0.1, 0.15) is 23.2 Å². The van der Waals surface area contributed by atoms with E-state index < -0.39 is 7.26 Å². The van der Waals surface area contributed by atoms with Crippen LogP contribution in [0.4, 0.5) is 0 Å². The standard InChI is InChI=1S/C25H30P.H2O/c1-2-3-4-5-15-22-26(23-16-9-6-10-17-23,24-18-11-7-12-19-24)25-20-13-8-14-21-25;/h6-14,16-21H,2-5,15,22H2,1H3;1H2/q+1;/p-1. The molecule has 0 atom stereocenters. The quantitative estimate of drug-likeness (QED) is 0.343. The van der Waals surface area contributed by atoms with Gasteiger partial charge in [-0.05, 0) is 49.2 Å². The van der Waals surface area contributed by atoms with Gasteiger partial charge in [-0.15, -0.1) is 0 Å². The topological polar surface area (TPSA) is 30.0 Å². The highest BCUT2D eigenvalue weighted by atomic mass is 31.2. The lowest BCUT2D eigenvalue weighted by molar-refractivity contribution is 0.658. The molecule has 3 aromatic rings. The molecule has 0 saturated carbocycles. The van der Waals surface area contributed by atoms with Crippen molar-refractivity contribution in [3.8, 4) is 0 Å². The Morgan fingerprint density at radius 2 is 0.889 bits per heavy atom. The Morgan fingerprint density at radius 1 is 0.519 bits per heavy atom. The first-order valence-electron chi connectivity index (χ1n) is 9.93. The summed E-state index contributed by atoms with van der Waals surface area (Å²) in [6.07, 6.45) is 7.90. The smallest absolute Gasteiger partial charge is 0.112 e. The van der Waals surface area contributed by atoms with Crippen LogP contribution in [-0.2, 0) is 0 Å². The van der Waals surface area contributed by atoms with Gasteiger partial charge in [-0.1, -0.05) is 80.8 Å². The van der Waals surface area contributed by atoms with E-state index in [4.69, 9.17) is 0 Å². The van der Waals surface area contributed by atoms with Gasteiger partial charge in [-0.2, -0.15) is 0 Å². The number of benzene rings is 3. The molecule has 0 unspecified atom stereocenters. The Kier molecular flexibility index (Phi) is 8.72. The fourth-order valence-corrected chi connectivity index (χ4v) is 8.24. The fourth-order valence-electron chi connectivity index (χ4n) is 3.83. The predicted octanol–water partition coefficient (Wildman–Crippen LogP) is 5.77. The van der Waals surface area contributed by atoms with Gasteiger partial charge in [0, 0.05) is 0 Å². The van der Waals surface area contributed by atoms with Crippen LogP contribution in [0.5, 0.6) is 0 Å². The summed E-state index contributed by atoms with van der Waals surface area (Å²) in [6, 6.07) is 33.7. The van der Waals surface area contributed by atoms with Crippen molar-refractivity contribution in [1.29, 1.82) is 0 Å². The van der Waals surface area contributed by atoms with Crippen LogP contribution >= 0.6 is 7.26 Å². The van der Waals surface area contributed by atoms with Crippen molar-refractivity contribution in [3.63, 3.8) is 0 Å². The summed E-state index contributed by atoms with van der Waals surface area (Å²) in [5.41, 5.74) is 0. The number of unbranched alkanes of at least 4 members (excludes halogenated alkanes) is 4. The zero-order valence-electron chi connectivity index (χ0n) is 16.3. The van der Waals surface area contributed by atoms with E-state index in [-0.39, 0.29) is 5.48 Å². The molecule has 0 saturated heterocycles. The molecule has 0 spiro atoms. The van der Waals surface area contributed by atoms with Crippen LogP contribution < -0.4 is 15.9 Å². The van der Waals surface area contributed by atoms with Gasteiger partial charge in [0.2, 0.25) is 0 Å². The summed E-state index contributed by atoms with van der Waals surface area (Å²) in [4.78, 5) is 0. The third kappa shape index (κ3) is 5.06. The number of rotatable bonds is 9. The molecule has 1 nitrogen and oxygen atoms in total. The van der Waals surface area contributed by atoms with Crippen molar-refractivity contribution in [2.75, 3.05) is 6.16 Å². The minimum absolute atomic E-state index is 0.